The standard InChI is InChI=1S/C25H27FN2O5S/c1-4-32-24-8-6-5-7-23(24)27-25(29)28(18(2)3)17-19-9-13-21(14-10-19)33-34(30,31)22-15-11-20(26)12-16-22/h5-16,18H,4,17H2,1-3H3,(H,27,29). The minimum absolute atomic E-state index is 0.103. The second-order valence-electron chi connectivity index (χ2n) is 7.72. The van der Waals surface area contributed by atoms with Crippen molar-refractivity contribution in [2.45, 2.75) is 38.3 Å². The molecule has 1 N–H and O–H groups in total. The molecule has 7 nitrogen and oxygen atoms in total. The number of urea groups is 1. The number of nitrogens with one attached hydrogen (secondary N) is 1. The Kier molecular flexibility index (Phi) is 8.12. The number of carbonyl (C=O) groups is 1. The number of amides is 2. The number of carbonyl (C=O) groups excluding carboxylic acids is 1. The van der Waals surface area contributed by atoms with E-state index in [-0.39, 0.29) is 22.7 Å². The molecule has 0 fully saturated rings. The molecule has 180 valence electrons. The lowest BCUT2D eigenvalue weighted by molar-refractivity contribution is 0.193. The third-order valence-electron chi connectivity index (χ3n) is 4.90. The zero-order chi connectivity index (χ0) is 24.7. The number of nitrogens with zero attached hydrogens (tertiary/aromatic N) is 1. The highest BCUT2D eigenvalue weighted by Crippen LogP contribution is 2.25. The Bertz CT molecular complexity index is 1210. The summed E-state index contributed by atoms with van der Waals surface area (Å²) in [5.41, 5.74) is 1.36. The number of benzene rings is 3. The summed E-state index contributed by atoms with van der Waals surface area (Å²) >= 11 is 0. The van der Waals surface area contributed by atoms with Crippen LogP contribution in [0.1, 0.15) is 26.3 Å². The molecule has 0 aliphatic rings. The Morgan fingerprint density at radius 3 is 2.26 bits per heavy atom. The number of ether oxygens (including phenoxy) is 1. The zero-order valence-corrected chi connectivity index (χ0v) is 20.0. The summed E-state index contributed by atoms with van der Waals surface area (Å²) in [5.74, 6) is 0.161. The second-order valence-corrected chi connectivity index (χ2v) is 9.26. The van der Waals surface area contributed by atoms with Crippen molar-refractivity contribution in [1.29, 1.82) is 0 Å². The maximum atomic E-state index is 13.1. The molecule has 0 unspecified atom stereocenters. The molecule has 0 aliphatic heterocycles. The minimum Gasteiger partial charge on any atom is -0.492 e. The second kappa shape index (κ2) is 11.0. The van der Waals surface area contributed by atoms with E-state index in [0.717, 1.165) is 29.8 Å². The van der Waals surface area contributed by atoms with Gasteiger partial charge < -0.3 is 19.1 Å². The normalized spacial score (nSPS) is 11.2. The van der Waals surface area contributed by atoms with Crippen molar-refractivity contribution < 1.29 is 26.5 Å². The Morgan fingerprint density at radius 1 is 1.00 bits per heavy atom. The van der Waals surface area contributed by atoms with E-state index in [2.05, 4.69) is 5.32 Å². The van der Waals surface area contributed by atoms with Gasteiger partial charge >= 0.3 is 16.1 Å². The van der Waals surface area contributed by atoms with Crippen LogP contribution in [0.4, 0.5) is 14.9 Å². The Labute approximate surface area is 199 Å². The van der Waals surface area contributed by atoms with Crippen molar-refractivity contribution in [2.75, 3.05) is 11.9 Å². The van der Waals surface area contributed by atoms with Crippen LogP contribution < -0.4 is 14.2 Å². The number of hydrogen-bond donors (Lipinski definition) is 1. The molecule has 0 aliphatic carbocycles. The fourth-order valence-electron chi connectivity index (χ4n) is 3.15. The predicted octanol–water partition coefficient (Wildman–Crippen LogP) is 5.43. The lowest BCUT2D eigenvalue weighted by Gasteiger charge is -2.27. The van der Waals surface area contributed by atoms with Crippen molar-refractivity contribution in [3.63, 3.8) is 0 Å². The first-order valence-corrected chi connectivity index (χ1v) is 12.2. The molecule has 34 heavy (non-hydrogen) atoms. The van der Waals surface area contributed by atoms with Crippen LogP contribution >= 0.6 is 0 Å². The molecule has 3 rings (SSSR count). The molecule has 2 amide bonds. The molecular weight excluding hydrogens is 459 g/mol. The summed E-state index contributed by atoms with van der Waals surface area (Å²) in [7, 11) is -4.09. The first kappa shape index (κ1) is 25.0. The van der Waals surface area contributed by atoms with Gasteiger partial charge in [0.15, 0.2) is 0 Å². The maximum absolute atomic E-state index is 13.1. The molecule has 0 saturated carbocycles. The van der Waals surface area contributed by atoms with Crippen LogP contribution in [-0.2, 0) is 16.7 Å². The Hall–Kier alpha value is -3.59. The van der Waals surface area contributed by atoms with E-state index in [1.165, 1.54) is 12.1 Å². The van der Waals surface area contributed by atoms with Crippen molar-refractivity contribution >= 4 is 21.8 Å². The van der Waals surface area contributed by atoms with Crippen molar-refractivity contribution in [3.05, 3.63) is 84.2 Å². The topological polar surface area (TPSA) is 84.9 Å². The number of anilines is 1. The van der Waals surface area contributed by atoms with Crippen LogP contribution in [0, 0.1) is 5.82 Å². The van der Waals surface area contributed by atoms with Gasteiger partial charge in [0, 0.05) is 12.6 Å². The number of para-hydroxylation sites is 2. The molecule has 0 aromatic heterocycles. The van der Waals surface area contributed by atoms with Gasteiger partial charge in [0.2, 0.25) is 0 Å². The fourth-order valence-corrected chi connectivity index (χ4v) is 4.08. The van der Waals surface area contributed by atoms with Crippen LogP contribution in [0.2, 0.25) is 0 Å². The van der Waals surface area contributed by atoms with E-state index in [1.807, 2.05) is 32.9 Å². The molecule has 0 atom stereocenters. The fraction of sp³-hybridized carbons (Fsp3) is 0.240. The summed E-state index contributed by atoms with van der Waals surface area (Å²) in [6.07, 6.45) is 0. The third kappa shape index (κ3) is 6.48. The minimum atomic E-state index is -4.09. The largest absolute Gasteiger partial charge is 0.492 e. The molecule has 0 heterocycles. The SMILES string of the molecule is CCOc1ccccc1NC(=O)N(Cc1ccc(OS(=O)(=O)c2ccc(F)cc2)cc1)C(C)C. The van der Waals surface area contributed by atoms with E-state index < -0.39 is 15.9 Å². The summed E-state index contributed by atoms with van der Waals surface area (Å²) in [5, 5.41) is 2.89. The van der Waals surface area contributed by atoms with Crippen LogP contribution in [0.15, 0.2) is 77.7 Å². The monoisotopic (exact) mass is 486 g/mol. The molecule has 0 bridgehead atoms. The zero-order valence-electron chi connectivity index (χ0n) is 19.2. The first-order chi connectivity index (χ1) is 16.2. The molecule has 3 aromatic rings. The van der Waals surface area contributed by atoms with E-state index in [4.69, 9.17) is 8.92 Å². The summed E-state index contributed by atoms with van der Waals surface area (Å²) < 4.78 is 48.6. The number of hydrogen-bond acceptors (Lipinski definition) is 5. The lowest BCUT2D eigenvalue weighted by Crippen LogP contribution is -2.39. The van der Waals surface area contributed by atoms with E-state index >= 15 is 0 Å². The highest BCUT2D eigenvalue weighted by molar-refractivity contribution is 7.87. The van der Waals surface area contributed by atoms with Gasteiger partial charge in [0.1, 0.15) is 22.2 Å². The third-order valence-corrected chi connectivity index (χ3v) is 6.16. The van der Waals surface area contributed by atoms with Gasteiger partial charge in [-0.1, -0.05) is 24.3 Å². The van der Waals surface area contributed by atoms with Gasteiger partial charge in [-0.2, -0.15) is 8.42 Å². The van der Waals surface area contributed by atoms with Gasteiger partial charge in [-0.25, -0.2) is 9.18 Å². The van der Waals surface area contributed by atoms with Crippen molar-refractivity contribution in [3.8, 4) is 11.5 Å². The molecule has 0 spiro atoms. The smallest absolute Gasteiger partial charge is 0.339 e. The summed E-state index contributed by atoms with van der Waals surface area (Å²) in [6, 6.07) is 17.6. The quantitative estimate of drug-likeness (QED) is 0.408. The van der Waals surface area contributed by atoms with Gasteiger partial charge in [-0.3, -0.25) is 0 Å². The van der Waals surface area contributed by atoms with Gasteiger partial charge in [-0.15, -0.1) is 0 Å². The highest BCUT2D eigenvalue weighted by Gasteiger charge is 2.20. The van der Waals surface area contributed by atoms with E-state index in [0.29, 0.717) is 24.6 Å². The molecule has 3 aromatic carbocycles. The molecular formula is C25H27FN2O5S. The Morgan fingerprint density at radius 2 is 1.65 bits per heavy atom. The molecule has 0 radical (unpaired) electrons. The summed E-state index contributed by atoms with van der Waals surface area (Å²) in [4.78, 5) is 14.5. The van der Waals surface area contributed by atoms with Crippen LogP contribution in [-0.4, -0.2) is 32.0 Å². The maximum Gasteiger partial charge on any atom is 0.339 e. The average molecular weight is 487 g/mol. The lowest BCUT2D eigenvalue weighted by atomic mass is 10.2. The molecule has 0 saturated heterocycles. The van der Waals surface area contributed by atoms with E-state index in [9.17, 15) is 17.6 Å². The van der Waals surface area contributed by atoms with Crippen LogP contribution in [0.5, 0.6) is 11.5 Å². The van der Waals surface area contributed by atoms with Crippen LogP contribution in [0.25, 0.3) is 0 Å². The first-order valence-electron chi connectivity index (χ1n) is 10.8. The van der Waals surface area contributed by atoms with E-state index in [1.54, 1.807) is 29.2 Å². The van der Waals surface area contributed by atoms with Crippen LogP contribution in [0.3, 0.4) is 0 Å². The molecule has 9 heteroatoms. The summed E-state index contributed by atoms with van der Waals surface area (Å²) in [6.45, 7) is 6.45. The van der Waals surface area contributed by atoms with Gasteiger partial charge in [0.25, 0.3) is 0 Å². The van der Waals surface area contributed by atoms with Gasteiger partial charge in [-0.05, 0) is 74.9 Å². The Balaban J connectivity index is 1.69. The number of rotatable bonds is 9. The predicted molar refractivity (Wildman–Crippen MR) is 128 cm³/mol. The average Bonchev–Trinajstić information content (AvgIpc) is 2.80. The highest BCUT2D eigenvalue weighted by atomic mass is 32.2. The van der Waals surface area contributed by atoms with Crippen molar-refractivity contribution in [1.82, 2.24) is 4.90 Å². The van der Waals surface area contributed by atoms with Gasteiger partial charge in [0.05, 0.1) is 12.3 Å². The number of halogens is 1. The van der Waals surface area contributed by atoms with Crippen molar-refractivity contribution in [2.24, 2.45) is 0 Å².